The van der Waals surface area contributed by atoms with Crippen LogP contribution in [0.15, 0.2) is 12.1 Å². The summed E-state index contributed by atoms with van der Waals surface area (Å²) >= 11 is 0. The summed E-state index contributed by atoms with van der Waals surface area (Å²) in [5.74, 6) is 0. The molecule has 1 radical (unpaired) electrons. The first-order valence-corrected chi connectivity index (χ1v) is 3.72. The van der Waals surface area contributed by atoms with Crippen LogP contribution < -0.4 is 0 Å². The van der Waals surface area contributed by atoms with Gasteiger partial charge in [0, 0.05) is 0 Å². The molecule has 0 nitrogen and oxygen atoms in total. The van der Waals surface area contributed by atoms with Gasteiger partial charge in [0.05, 0.1) is 0 Å². The van der Waals surface area contributed by atoms with Gasteiger partial charge in [-0.15, -0.1) is 0 Å². The maximum atomic E-state index is 3.29. The molecule has 0 fully saturated rings. The van der Waals surface area contributed by atoms with Gasteiger partial charge in [-0.2, -0.15) is 0 Å². The highest BCUT2D eigenvalue weighted by Gasteiger charge is 1.93. The Hall–Kier alpha value is -0.780. The van der Waals surface area contributed by atoms with Gasteiger partial charge in [-0.05, 0) is 43.0 Å². The van der Waals surface area contributed by atoms with Crippen LogP contribution in [0, 0.1) is 19.9 Å². The Balaban J connectivity index is 3.07. The van der Waals surface area contributed by atoms with E-state index in [0.29, 0.717) is 0 Å². The van der Waals surface area contributed by atoms with Crippen molar-refractivity contribution in [2.24, 2.45) is 0 Å². The van der Waals surface area contributed by atoms with E-state index in [1.165, 1.54) is 16.7 Å². The van der Waals surface area contributed by atoms with Crippen LogP contribution in [0.2, 0.25) is 0 Å². The summed E-state index contributed by atoms with van der Waals surface area (Å²) in [5, 5.41) is 0. The number of hydrogen-bond donors (Lipinski definition) is 0. The van der Waals surface area contributed by atoms with Gasteiger partial charge in [-0.25, -0.2) is 0 Å². The van der Waals surface area contributed by atoms with Crippen LogP contribution in [-0.2, 0) is 6.42 Å². The molecule has 0 aliphatic heterocycles. The van der Waals surface area contributed by atoms with Crippen molar-refractivity contribution in [3.63, 3.8) is 0 Å². The molecule has 0 N–H and O–H groups in total. The standard InChI is InChI=1S/C10H13/c1-4-10-6-5-8(2)7-9(10)3/h5-6H,4H2,1-3H3. The van der Waals surface area contributed by atoms with Gasteiger partial charge in [0.15, 0.2) is 0 Å². The molecule has 0 unspecified atom stereocenters. The Morgan fingerprint density at radius 1 is 1.30 bits per heavy atom. The molecule has 1 aromatic carbocycles. The molecular weight excluding hydrogens is 120 g/mol. The molecule has 0 aromatic heterocycles. The normalized spacial score (nSPS) is 9.90. The van der Waals surface area contributed by atoms with Crippen LogP contribution in [0.3, 0.4) is 0 Å². The Morgan fingerprint density at radius 3 is 2.50 bits per heavy atom. The second-order valence-electron chi connectivity index (χ2n) is 2.65. The van der Waals surface area contributed by atoms with E-state index < -0.39 is 0 Å². The van der Waals surface area contributed by atoms with E-state index in [-0.39, 0.29) is 0 Å². The highest BCUT2D eigenvalue weighted by atomic mass is 14.0. The smallest absolute Gasteiger partial charge is 0.0117 e. The predicted molar refractivity (Wildman–Crippen MR) is 44.1 cm³/mol. The fourth-order valence-corrected chi connectivity index (χ4v) is 1.15. The van der Waals surface area contributed by atoms with Crippen molar-refractivity contribution in [2.45, 2.75) is 27.2 Å². The summed E-state index contributed by atoms with van der Waals surface area (Å²) < 4.78 is 0. The first-order chi connectivity index (χ1) is 4.74. The Morgan fingerprint density at radius 2 is 2.00 bits per heavy atom. The van der Waals surface area contributed by atoms with E-state index in [1.54, 1.807) is 0 Å². The van der Waals surface area contributed by atoms with Gasteiger partial charge >= 0.3 is 0 Å². The fourth-order valence-electron chi connectivity index (χ4n) is 1.15. The third-order valence-corrected chi connectivity index (χ3v) is 1.78. The van der Waals surface area contributed by atoms with Crippen LogP contribution in [0.1, 0.15) is 23.6 Å². The summed E-state index contributed by atoms with van der Waals surface area (Å²) in [6, 6.07) is 7.59. The lowest BCUT2D eigenvalue weighted by molar-refractivity contribution is 1.10. The first-order valence-electron chi connectivity index (χ1n) is 3.72. The topological polar surface area (TPSA) is 0 Å². The van der Waals surface area contributed by atoms with Crippen LogP contribution >= 0.6 is 0 Å². The SMILES string of the molecule is CCc1ccc(C)[c]c1C. The molecule has 0 spiro atoms. The second kappa shape index (κ2) is 2.87. The zero-order chi connectivity index (χ0) is 7.56. The number of aryl methyl sites for hydroxylation is 3. The van der Waals surface area contributed by atoms with Gasteiger partial charge in [-0.3, -0.25) is 0 Å². The Kier molecular flexibility index (Phi) is 2.10. The molecule has 10 heavy (non-hydrogen) atoms. The lowest BCUT2D eigenvalue weighted by Gasteiger charge is -2.01. The van der Waals surface area contributed by atoms with Crippen molar-refractivity contribution < 1.29 is 0 Å². The van der Waals surface area contributed by atoms with Gasteiger partial charge in [-0.1, -0.05) is 19.1 Å². The van der Waals surface area contributed by atoms with Crippen LogP contribution in [0.5, 0.6) is 0 Å². The molecule has 0 heterocycles. The third-order valence-electron chi connectivity index (χ3n) is 1.78. The van der Waals surface area contributed by atoms with Crippen molar-refractivity contribution in [2.75, 3.05) is 0 Å². The molecule has 1 rings (SSSR count). The molecule has 0 amide bonds. The average Bonchev–Trinajstić information content (AvgIpc) is 1.88. The minimum absolute atomic E-state index is 1.11. The summed E-state index contributed by atoms with van der Waals surface area (Å²) in [6.07, 6.45) is 1.11. The summed E-state index contributed by atoms with van der Waals surface area (Å²) in [4.78, 5) is 0. The zero-order valence-electron chi connectivity index (χ0n) is 6.86. The molecule has 0 aliphatic carbocycles. The summed E-state index contributed by atoms with van der Waals surface area (Å²) in [5.41, 5.74) is 3.93. The Bertz CT molecular complexity index is 223. The molecular formula is C10H13. The molecule has 0 atom stereocenters. The minimum atomic E-state index is 1.11. The van der Waals surface area contributed by atoms with Crippen molar-refractivity contribution in [1.29, 1.82) is 0 Å². The second-order valence-corrected chi connectivity index (χ2v) is 2.65. The van der Waals surface area contributed by atoms with Crippen molar-refractivity contribution in [3.05, 3.63) is 34.9 Å². The van der Waals surface area contributed by atoms with Gasteiger partial charge in [0.1, 0.15) is 0 Å². The molecule has 0 bridgehead atoms. The fraction of sp³-hybridized carbons (Fsp3) is 0.400. The number of benzene rings is 1. The van der Waals surface area contributed by atoms with Crippen molar-refractivity contribution >= 4 is 0 Å². The van der Waals surface area contributed by atoms with Gasteiger partial charge < -0.3 is 0 Å². The molecule has 0 aliphatic rings. The van der Waals surface area contributed by atoms with Gasteiger partial charge in [0.25, 0.3) is 0 Å². The van der Waals surface area contributed by atoms with E-state index in [0.717, 1.165) is 6.42 Å². The molecule has 0 saturated carbocycles. The highest BCUT2D eigenvalue weighted by molar-refractivity contribution is 5.28. The van der Waals surface area contributed by atoms with E-state index in [9.17, 15) is 0 Å². The van der Waals surface area contributed by atoms with Crippen LogP contribution in [0.4, 0.5) is 0 Å². The molecule has 1 aromatic rings. The third kappa shape index (κ3) is 1.38. The lowest BCUT2D eigenvalue weighted by Crippen LogP contribution is -1.86. The number of rotatable bonds is 1. The van der Waals surface area contributed by atoms with Crippen molar-refractivity contribution in [1.82, 2.24) is 0 Å². The minimum Gasteiger partial charge on any atom is -0.0613 e. The quantitative estimate of drug-likeness (QED) is 0.552. The lowest BCUT2D eigenvalue weighted by atomic mass is 10.0. The van der Waals surface area contributed by atoms with Crippen LogP contribution in [0.25, 0.3) is 0 Å². The molecule has 53 valence electrons. The monoisotopic (exact) mass is 133 g/mol. The van der Waals surface area contributed by atoms with Crippen LogP contribution in [-0.4, -0.2) is 0 Å². The maximum Gasteiger partial charge on any atom is -0.0117 e. The number of hydrogen-bond acceptors (Lipinski definition) is 0. The van der Waals surface area contributed by atoms with E-state index in [1.807, 2.05) is 0 Å². The average molecular weight is 133 g/mol. The molecule has 0 saturated heterocycles. The van der Waals surface area contributed by atoms with Crippen molar-refractivity contribution in [3.8, 4) is 0 Å². The van der Waals surface area contributed by atoms with E-state index in [2.05, 4.69) is 39.0 Å². The largest absolute Gasteiger partial charge is 0.0613 e. The predicted octanol–water partition coefficient (Wildman–Crippen LogP) is 2.67. The summed E-state index contributed by atoms with van der Waals surface area (Å²) in [7, 11) is 0. The highest BCUT2D eigenvalue weighted by Crippen LogP contribution is 2.09. The Labute approximate surface area is 62.9 Å². The maximum absolute atomic E-state index is 3.29. The van der Waals surface area contributed by atoms with E-state index in [4.69, 9.17) is 0 Å². The van der Waals surface area contributed by atoms with E-state index >= 15 is 0 Å². The molecule has 0 heteroatoms. The first kappa shape index (κ1) is 7.33. The summed E-state index contributed by atoms with van der Waals surface area (Å²) in [6.45, 7) is 6.36. The zero-order valence-corrected chi connectivity index (χ0v) is 6.86. The van der Waals surface area contributed by atoms with Gasteiger partial charge in [0.2, 0.25) is 0 Å².